The molecule has 2 rings (SSSR count). The Labute approximate surface area is 221 Å². The van der Waals surface area contributed by atoms with Crippen LogP contribution in [0.1, 0.15) is 75.7 Å². The van der Waals surface area contributed by atoms with Crippen molar-refractivity contribution in [3.63, 3.8) is 0 Å². The lowest BCUT2D eigenvalue weighted by molar-refractivity contribution is -0.215. The molecule has 0 radical (unpaired) electrons. The molecule has 36 heavy (non-hydrogen) atoms. The molecule has 0 bridgehead atoms. The summed E-state index contributed by atoms with van der Waals surface area (Å²) < 4.78 is 31.5. The predicted octanol–water partition coefficient (Wildman–Crippen LogP) is 5.72. The Hall–Kier alpha value is -0.556. The monoisotopic (exact) mass is 544 g/mol. The van der Waals surface area contributed by atoms with Gasteiger partial charge in [-0.15, -0.1) is 0 Å². The number of fused-ring (bicyclic) bond motifs is 1. The van der Waals surface area contributed by atoms with Crippen molar-refractivity contribution >= 4 is 22.8 Å². The van der Waals surface area contributed by atoms with E-state index < -0.39 is 41.2 Å². The average molecular weight is 545 g/mol. The first-order valence-corrected chi connectivity index (χ1v) is 18.0. The SMILES string of the molecule is COC(=O)/C=C/[C@H](O[Si](C)(C)C(C)(C)C)[C@@H](C)[C@@H]1O[C@@H]2CO[Si](C(C)(C)C)(C(C)(C)C)O[C@@H]2C[C@@H]1O. The van der Waals surface area contributed by atoms with Gasteiger partial charge in [0, 0.05) is 28.5 Å². The molecule has 6 atom stereocenters. The van der Waals surface area contributed by atoms with E-state index in [1.807, 2.05) is 6.92 Å². The van der Waals surface area contributed by atoms with Crippen LogP contribution < -0.4 is 0 Å². The molecule has 210 valence electrons. The van der Waals surface area contributed by atoms with Crippen molar-refractivity contribution in [3.8, 4) is 0 Å². The standard InChI is InChI=1S/C27H52O7Si2/c1-18(20(14-15-23(29)30-11)33-35(12,13)25(2,3)4)24-19(28)16-21-22(32-24)17-31-36(34-21,26(5,6)7)27(8,9)10/h14-15,18-22,24,28H,16-17H2,1-13H3/b15-14+/t18-,19+,20+,21-,22-,24+/m1/s1. The largest absolute Gasteiger partial charge is 0.466 e. The highest BCUT2D eigenvalue weighted by molar-refractivity contribution is 6.74. The zero-order valence-electron chi connectivity index (χ0n) is 24.9. The number of aliphatic hydroxyl groups is 1. The Balaban J connectivity index is 2.29. The molecule has 0 spiro atoms. The van der Waals surface area contributed by atoms with E-state index in [0.717, 1.165) is 0 Å². The van der Waals surface area contributed by atoms with Crippen molar-refractivity contribution in [2.75, 3.05) is 13.7 Å². The van der Waals surface area contributed by atoms with Gasteiger partial charge in [0.2, 0.25) is 0 Å². The van der Waals surface area contributed by atoms with Crippen LogP contribution in [0.25, 0.3) is 0 Å². The molecule has 0 saturated carbocycles. The number of hydrogen-bond donors (Lipinski definition) is 1. The molecule has 2 aliphatic heterocycles. The lowest BCUT2D eigenvalue weighted by atomic mass is 9.87. The number of hydrogen-bond acceptors (Lipinski definition) is 7. The summed E-state index contributed by atoms with van der Waals surface area (Å²) >= 11 is 0. The number of esters is 1. The van der Waals surface area contributed by atoms with Crippen LogP contribution in [0, 0.1) is 5.92 Å². The molecule has 0 unspecified atom stereocenters. The Morgan fingerprint density at radius 2 is 1.61 bits per heavy atom. The third-order valence-corrected chi connectivity index (χ3v) is 17.9. The second-order valence-corrected chi connectivity index (χ2v) is 23.6. The summed E-state index contributed by atoms with van der Waals surface area (Å²) in [6.07, 6.45) is 1.56. The van der Waals surface area contributed by atoms with Crippen LogP contribution in [0.5, 0.6) is 0 Å². The molecule has 2 aliphatic rings. The van der Waals surface area contributed by atoms with Crippen LogP contribution in [0.15, 0.2) is 12.2 Å². The molecule has 0 aromatic rings. The summed E-state index contributed by atoms with van der Waals surface area (Å²) in [5, 5.41) is 11.0. The van der Waals surface area contributed by atoms with Gasteiger partial charge in [0.05, 0.1) is 38.1 Å². The van der Waals surface area contributed by atoms with E-state index in [9.17, 15) is 9.90 Å². The normalized spacial score (nSPS) is 29.5. The van der Waals surface area contributed by atoms with Crippen LogP contribution in [-0.2, 0) is 27.5 Å². The zero-order chi connectivity index (χ0) is 27.9. The Bertz CT molecular complexity index is 777. The van der Waals surface area contributed by atoms with Gasteiger partial charge in [-0.1, -0.05) is 69.2 Å². The summed E-state index contributed by atoms with van der Waals surface area (Å²) in [6.45, 7) is 26.5. The lowest BCUT2D eigenvalue weighted by Gasteiger charge is -2.57. The third-order valence-electron chi connectivity index (χ3n) is 8.24. The average Bonchev–Trinajstić information content (AvgIpc) is 2.72. The summed E-state index contributed by atoms with van der Waals surface area (Å²) in [7, 11) is -3.47. The van der Waals surface area contributed by atoms with Crippen molar-refractivity contribution < 1.29 is 32.7 Å². The molecule has 0 aromatic carbocycles. The zero-order valence-corrected chi connectivity index (χ0v) is 26.9. The van der Waals surface area contributed by atoms with Crippen LogP contribution >= 0.6 is 0 Å². The van der Waals surface area contributed by atoms with Crippen molar-refractivity contribution in [3.05, 3.63) is 12.2 Å². The van der Waals surface area contributed by atoms with Crippen molar-refractivity contribution in [2.45, 2.75) is 134 Å². The minimum atomic E-state index is -2.65. The van der Waals surface area contributed by atoms with E-state index in [1.165, 1.54) is 13.2 Å². The summed E-state index contributed by atoms with van der Waals surface area (Å²) in [5.74, 6) is -0.638. The minimum absolute atomic E-state index is 0.0138. The lowest BCUT2D eigenvalue weighted by Crippen LogP contribution is -2.68. The summed E-state index contributed by atoms with van der Waals surface area (Å²) in [5.41, 5.74) is 0. The highest BCUT2D eigenvalue weighted by Crippen LogP contribution is 2.55. The Morgan fingerprint density at radius 3 is 2.08 bits per heavy atom. The number of aliphatic hydroxyl groups excluding tert-OH is 1. The first-order valence-electron chi connectivity index (χ1n) is 13.3. The number of rotatable bonds is 6. The highest BCUT2D eigenvalue weighted by atomic mass is 28.4. The number of carbonyl (C=O) groups excluding carboxylic acids is 1. The maximum Gasteiger partial charge on any atom is 0.349 e. The fraction of sp³-hybridized carbons (Fsp3) is 0.889. The van der Waals surface area contributed by atoms with E-state index in [1.54, 1.807) is 6.08 Å². The van der Waals surface area contributed by atoms with Gasteiger partial charge in [0.25, 0.3) is 0 Å². The maximum absolute atomic E-state index is 11.9. The van der Waals surface area contributed by atoms with Gasteiger partial charge >= 0.3 is 14.5 Å². The Kier molecular flexibility index (Phi) is 9.59. The molecule has 9 heteroatoms. The Morgan fingerprint density at radius 1 is 1.06 bits per heavy atom. The van der Waals surface area contributed by atoms with Gasteiger partial charge in [-0.25, -0.2) is 4.79 Å². The van der Waals surface area contributed by atoms with E-state index in [0.29, 0.717) is 13.0 Å². The molecule has 2 saturated heterocycles. The number of carbonyl (C=O) groups is 1. The molecule has 1 N–H and O–H groups in total. The number of ether oxygens (including phenoxy) is 2. The van der Waals surface area contributed by atoms with E-state index >= 15 is 0 Å². The summed E-state index contributed by atoms with van der Waals surface area (Å²) in [4.78, 5) is 11.9. The molecule has 7 nitrogen and oxygen atoms in total. The van der Waals surface area contributed by atoms with Gasteiger partial charge < -0.3 is 27.9 Å². The van der Waals surface area contributed by atoms with Crippen LogP contribution in [0.4, 0.5) is 0 Å². The van der Waals surface area contributed by atoms with E-state index in [4.69, 9.17) is 22.8 Å². The second-order valence-electron chi connectivity index (χ2n) is 14.1. The van der Waals surface area contributed by atoms with Crippen LogP contribution in [-0.4, -0.2) is 72.2 Å². The summed E-state index contributed by atoms with van der Waals surface area (Å²) in [6, 6.07) is 0. The molecular formula is C27H52O7Si2. The van der Waals surface area contributed by atoms with Crippen molar-refractivity contribution in [1.29, 1.82) is 0 Å². The fourth-order valence-electron chi connectivity index (χ4n) is 5.27. The van der Waals surface area contributed by atoms with Crippen LogP contribution in [0.3, 0.4) is 0 Å². The first-order chi connectivity index (χ1) is 16.2. The van der Waals surface area contributed by atoms with Gasteiger partial charge in [0.1, 0.15) is 6.10 Å². The van der Waals surface area contributed by atoms with Crippen LogP contribution in [0.2, 0.25) is 28.2 Å². The van der Waals surface area contributed by atoms with E-state index in [2.05, 4.69) is 75.4 Å². The molecule has 0 aliphatic carbocycles. The molecule has 0 aromatic heterocycles. The van der Waals surface area contributed by atoms with Crippen molar-refractivity contribution in [2.24, 2.45) is 5.92 Å². The predicted molar refractivity (Wildman–Crippen MR) is 148 cm³/mol. The molecule has 0 amide bonds. The highest BCUT2D eigenvalue weighted by Gasteiger charge is 2.63. The topological polar surface area (TPSA) is 83.5 Å². The van der Waals surface area contributed by atoms with Gasteiger partial charge in [-0.05, 0) is 24.2 Å². The number of methoxy groups -OCH3 is 1. The molecular weight excluding hydrogens is 492 g/mol. The quantitative estimate of drug-likeness (QED) is 0.260. The molecule has 2 heterocycles. The van der Waals surface area contributed by atoms with Gasteiger partial charge in [-0.3, -0.25) is 0 Å². The van der Waals surface area contributed by atoms with Gasteiger partial charge in [-0.2, -0.15) is 0 Å². The minimum Gasteiger partial charge on any atom is -0.466 e. The third kappa shape index (κ3) is 6.53. The second kappa shape index (κ2) is 10.9. The van der Waals surface area contributed by atoms with Gasteiger partial charge in [0.15, 0.2) is 8.32 Å². The van der Waals surface area contributed by atoms with E-state index in [-0.39, 0.29) is 33.2 Å². The fourth-order valence-corrected chi connectivity index (χ4v) is 11.6. The first kappa shape index (κ1) is 31.7. The molecule has 2 fully saturated rings. The maximum atomic E-state index is 11.9. The smallest absolute Gasteiger partial charge is 0.349 e. The van der Waals surface area contributed by atoms with Crippen molar-refractivity contribution in [1.82, 2.24) is 0 Å².